The average molecular weight is 324 g/mol. The molecule has 1 aromatic heterocycles. The van der Waals surface area contributed by atoms with E-state index in [0.717, 1.165) is 12.8 Å². The Bertz CT molecular complexity index is 723. The lowest BCUT2D eigenvalue weighted by molar-refractivity contribution is 0.0932. The summed E-state index contributed by atoms with van der Waals surface area (Å²) in [5.74, 6) is 1.17. The molecule has 1 saturated carbocycles. The normalized spacial score (nSPS) is 14.6. The molecule has 5 nitrogen and oxygen atoms in total. The van der Waals surface area contributed by atoms with Gasteiger partial charge in [-0.15, -0.1) is 0 Å². The first-order chi connectivity index (χ1) is 11.6. The number of amides is 1. The second kappa shape index (κ2) is 7.43. The van der Waals surface area contributed by atoms with E-state index in [4.69, 9.17) is 0 Å². The topological polar surface area (TPSA) is 66.9 Å². The standard InChI is InChI=1S/C19H24N4O/c1-13-6-5-7-15(10-13)12-20-18-11-17(21-14(2)22-18)19(24)23-16-8-3-4-9-16/h5-7,10-11,16H,3-4,8-9,12H2,1-2H3,(H,23,24)(H,20,21,22). The van der Waals surface area contributed by atoms with Gasteiger partial charge in [0, 0.05) is 18.7 Å². The highest BCUT2D eigenvalue weighted by Crippen LogP contribution is 2.18. The number of carbonyl (C=O) groups is 1. The van der Waals surface area contributed by atoms with Gasteiger partial charge in [0.2, 0.25) is 0 Å². The Kier molecular flexibility index (Phi) is 5.08. The number of carbonyl (C=O) groups excluding carboxylic acids is 1. The Labute approximate surface area is 142 Å². The number of aryl methyl sites for hydroxylation is 2. The van der Waals surface area contributed by atoms with Crippen molar-refractivity contribution in [2.75, 3.05) is 5.32 Å². The monoisotopic (exact) mass is 324 g/mol. The highest BCUT2D eigenvalue weighted by atomic mass is 16.1. The maximum atomic E-state index is 12.4. The van der Waals surface area contributed by atoms with Gasteiger partial charge in [-0.1, -0.05) is 42.7 Å². The molecule has 0 unspecified atom stereocenters. The highest BCUT2D eigenvalue weighted by molar-refractivity contribution is 5.93. The van der Waals surface area contributed by atoms with E-state index in [1.54, 1.807) is 6.07 Å². The van der Waals surface area contributed by atoms with Crippen molar-refractivity contribution in [3.05, 3.63) is 53.0 Å². The predicted octanol–water partition coefficient (Wildman–Crippen LogP) is 3.38. The zero-order chi connectivity index (χ0) is 16.9. The molecule has 1 aliphatic rings. The van der Waals surface area contributed by atoms with Gasteiger partial charge in [0.05, 0.1) is 0 Å². The van der Waals surface area contributed by atoms with E-state index in [2.05, 4.69) is 45.7 Å². The second-order valence-electron chi connectivity index (χ2n) is 6.48. The summed E-state index contributed by atoms with van der Waals surface area (Å²) in [5, 5.41) is 6.36. The van der Waals surface area contributed by atoms with Crippen molar-refractivity contribution in [1.29, 1.82) is 0 Å². The predicted molar refractivity (Wildman–Crippen MR) is 95.0 cm³/mol. The minimum atomic E-state index is -0.106. The molecule has 1 amide bonds. The minimum absolute atomic E-state index is 0.106. The molecule has 1 fully saturated rings. The van der Waals surface area contributed by atoms with E-state index in [9.17, 15) is 4.79 Å². The van der Waals surface area contributed by atoms with Gasteiger partial charge in [0.25, 0.3) is 5.91 Å². The van der Waals surface area contributed by atoms with Gasteiger partial charge < -0.3 is 10.6 Å². The summed E-state index contributed by atoms with van der Waals surface area (Å²) >= 11 is 0. The maximum Gasteiger partial charge on any atom is 0.270 e. The van der Waals surface area contributed by atoms with Crippen LogP contribution in [0, 0.1) is 13.8 Å². The van der Waals surface area contributed by atoms with Crippen molar-refractivity contribution in [2.24, 2.45) is 0 Å². The van der Waals surface area contributed by atoms with Gasteiger partial charge >= 0.3 is 0 Å². The third-order valence-electron chi connectivity index (χ3n) is 4.32. The Morgan fingerprint density at radius 1 is 1.17 bits per heavy atom. The molecule has 1 aliphatic carbocycles. The molecule has 24 heavy (non-hydrogen) atoms. The van der Waals surface area contributed by atoms with Crippen molar-refractivity contribution in [3.8, 4) is 0 Å². The zero-order valence-electron chi connectivity index (χ0n) is 14.3. The smallest absolute Gasteiger partial charge is 0.270 e. The van der Waals surface area contributed by atoms with Crippen LogP contribution in [0.3, 0.4) is 0 Å². The zero-order valence-corrected chi connectivity index (χ0v) is 14.3. The number of aromatic nitrogens is 2. The summed E-state index contributed by atoms with van der Waals surface area (Å²) < 4.78 is 0. The minimum Gasteiger partial charge on any atom is -0.366 e. The number of nitrogens with zero attached hydrogens (tertiary/aromatic N) is 2. The lowest BCUT2D eigenvalue weighted by Crippen LogP contribution is -2.33. The summed E-state index contributed by atoms with van der Waals surface area (Å²) in [6, 6.07) is 10.3. The van der Waals surface area contributed by atoms with Crippen LogP contribution in [0.15, 0.2) is 30.3 Å². The van der Waals surface area contributed by atoms with Crippen LogP contribution in [0.25, 0.3) is 0 Å². The molecule has 0 saturated heterocycles. The fourth-order valence-corrected chi connectivity index (χ4v) is 3.12. The lowest BCUT2D eigenvalue weighted by atomic mass is 10.1. The van der Waals surface area contributed by atoms with Crippen molar-refractivity contribution in [3.63, 3.8) is 0 Å². The Morgan fingerprint density at radius 2 is 1.96 bits per heavy atom. The number of anilines is 1. The van der Waals surface area contributed by atoms with E-state index < -0.39 is 0 Å². The summed E-state index contributed by atoms with van der Waals surface area (Å²) in [7, 11) is 0. The number of benzene rings is 1. The quantitative estimate of drug-likeness (QED) is 0.885. The molecule has 0 bridgehead atoms. The molecule has 2 aromatic rings. The third kappa shape index (κ3) is 4.31. The summed E-state index contributed by atoms with van der Waals surface area (Å²) in [6.45, 7) is 4.55. The number of hydrogen-bond acceptors (Lipinski definition) is 4. The van der Waals surface area contributed by atoms with E-state index in [-0.39, 0.29) is 11.9 Å². The first-order valence-corrected chi connectivity index (χ1v) is 8.56. The number of nitrogens with one attached hydrogen (secondary N) is 2. The lowest BCUT2D eigenvalue weighted by Gasteiger charge is -2.13. The van der Waals surface area contributed by atoms with E-state index in [1.807, 2.05) is 13.0 Å². The number of hydrogen-bond donors (Lipinski definition) is 2. The van der Waals surface area contributed by atoms with Gasteiger partial charge in [-0.2, -0.15) is 0 Å². The molecule has 1 heterocycles. The van der Waals surface area contributed by atoms with Gasteiger partial charge in [-0.05, 0) is 32.3 Å². The van der Waals surface area contributed by atoms with Crippen molar-refractivity contribution < 1.29 is 4.79 Å². The van der Waals surface area contributed by atoms with Crippen LogP contribution in [0.1, 0.15) is 53.1 Å². The fraction of sp³-hybridized carbons (Fsp3) is 0.421. The first-order valence-electron chi connectivity index (χ1n) is 8.56. The van der Waals surface area contributed by atoms with Crippen LogP contribution < -0.4 is 10.6 Å². The van der Waals surface area contributed by atoms with Crippen molar-refractivity contribution in [2.45, 2.75) is 52.1 Å². The molecule has 0 atom stereocenters. The summed E-state index contributed by atoms with van der Waals surface area (Å²) in [6.07, 6.45) is 4.51. The molecule has 1 aromatic carbocycles. The largest absolute Gasteiger partial charge is 0.366 e. The summed E-state index contributed by atoms with van der Waals surface area (Å²) in [4.78, 5) is 21.1. The van der Waals surface area contributed by atoms with E-state index in [0.29, 0.717) is 23.9 Å². The van der Waals surface area contributed by atoms with E-state index >= 15 is 0 Å². The van der Waals surface area contributed by atoms with Crippen molar-refractivity contribution in [1.82, 2.24) is 15.3 Å². The van der Waals surface area contributed by atoms with E-state index in [1.165, 1.54) is 24.0 Å². The second-order valence-corrected chi connectivity index (χ2v) is 6.48. The fourth-order valence-electron chi connectivity index (χ4n) is 3.12. The Hall–Kier alpha value is -2.43. The van der Waals surface area contributed by atoms with Gasteiger partial charge in [-0.3, -0.25) is 4.79 Å². The van der Waals surface area contributed by atoms with Crippen molar-refractivity contribution >= 4 is 11.7 Å². The Balaban J connectivity index is 1.67. The van der Waals surface area contributed by atoms with Crippen LogP contribution in [-0.4, -0.2) is 21.9 Å². The molecule has 0 spiro atoms. The van der Waals surface area contributed by atoms with Crippen LogP contribution in [0.2, 0.25) is 0 Å². The molecule has 0 radical (unpaired) electrons. The molecule has 5 heteroatoms. The summed E-state index contributed by atoms with van der Waals surface area (Å²) in [5.41, 5.74) is 2.84. The van der Waals surface area contributed by atoms with Crippen LogP contribution in [-0.2, 0) is 6.54 Å². The molecule has 3 rings (SSSR count). The average Bonchev–Trinajstić information content (AvgIpc) is 3.05. The molecule has 2 N–H and O–H groups in total. The van der Waals surface area contributed by atoms with Crippen LogP contribution in [0.5, 0.6) is 0 Å². The SMILES string of the molecule is Cc1cccc(CNc2cc(C(=O)NC3CCCC3)nc(C)n2)c1. The van der Waals surface area contributed by atoms with Gasteiger partial charge in [0.1, 0.15) is 17.3 Å². The molecule has 0 aliphatic heterocycles. The highest BCUT2D eigenvalue weighted by Gasteiger charge is 2.19. The van der Waals surface area contributed by atoms with Crippen LogP contribution in [0.4, 0.5) is 5.82 Å². The number of rotatable bonds is 5. The molecule has 126 valence electrons. The van der Waals surface area contributed by atoms with Gasteiger partial charge in [-0.25, -0.2) is 9.97 Å². The Morgan fingerprint density at radius 3 is 2.71 bits per heavy atom. The molecular formula is C19H24N4O. The van der Waals surface area contributed by atoms with Gasteiger partial charge in [0.15, 0.2) is 0 Å². The van der Waals surface area contributed by atoms with Crippen LogP contribution >= 0.6 is 0 Å². The maximum absolute atomic E-state index is 12.4. The molecular weight excluding hydrogens is 300 g/mol. The first kappa shape index (κ1) is 16.4. The third-order valence-corrected chi connectivity index (χ3v) is 4.32.